The lowest BCUT2D eigenvalue weighted by Crippen LogP contribution is -2.42. The summed E-state index contributed by atoms with van der Waals surface area (Å²) in [4.78, 5) is 32.8. The van der Waals surface area contributed by atoms with E-state index in [1.54, 1.807) is 11.0 Å². The predicted molar refractivity (Wildman–Crippen MR) is 135 cm³/mol. The number of aryl methyl sites for hydroxylation is 1. The number of aliphatic carboxylic acids is 1. The molecule has 1 N–H and O–H groups in total. The number of methoxy groups -OCH3 is 1. The number of ether oxygens (including phenoxy) is 1. The van der Waals surface area contributed by atoms with Crippen molar-refractivity contribution in [1.29, 1.82) is 0 Å². The van der Waals surface area contributed by atoms with Crippen LogP contribution in [0.5, 0.6) is 0 Å². The average molecular weight is 495 g/mol. The van der Waals surface area contributed by atoms with Crippen LogP contribution in [0.25, 0.3) is 11.0 Å². The molecule has 0 saturated heterocycles. The summed E-state index contributed by atoms with van der Waals surface area (Å²) in [6.07, 6.45) is 3.79. The molecule has 0 spiro atoms. The first-order valence-electron chi connectivity index (χ1n) is 12.4. The molecule has 1 aliphatic carbocycles. The number of aromatic nitrogens is 2. The van der Waals surface area contributed by atoms with Gasteiger partial charge in [0.15, 0.2) is 0 Å². The van der Waals surface area contributed by atoms with Gasteiger partial charge in [0.1, 0.15) is 5.82 Å². The highest BCUT2D eigenvalue weighted by Crippen LogP contribution is 2.42. The zero-order valence-corrected chi connectivity index (χ0v) is 20.8. The molecule has 0 radical (unpaired) electrons. The van der Waals surface area contributed by atoms with E-state index in [1.165, 1.54) is 19.2 Å². The van der Waals surface area contributed by atoms with Gasteiger partial charge in [0.2, 0.25) is 5.95 Å². The lowest BCUT2D eigenvalue weighted by Gasteiger charge is -2.34. The van der Waals surface area contributed by atoms with Gasteiger partial charge in [-0.1, -0.05) is 6.07 Å². The minimum atomic E-state index is -0.743. The van der Waals surface area contributed by atoms with E-state index in [2.05, 4.69) is 4.57 Å². The Morgan fingerprint density at radius 1 is 1.14 bits per heavy atom. The molecular weight excluding hydrogens is 463 g/mol. The van der Waals surface area contributed by atoms with Gasteiger partial charge in [-0.2, -0.15) is 0 Å². The third-order valence-corrected chi connectivity index (χ3v) is 7.71. The average Bonchev–Trinajstić information content (AvgIpc) is 3.27. The number of carboxylic acids is 1. The number of carboxylic acid groups (broad SMARTS) is 1. The van der Waals surface area contributed by atoms with Crippen LogP contribution in [0.1, 0.15) is 50.6 Å². The summed E-state index contributed by atoms with van der Waals surface area (Å²) in [6.45, 7) is 2.01. The molecule has 1 saturated carbocycles. The van der Waals surface area contributed by atoms with Crippen molar-refractivity contribution in [3.63, 3.8) is 0 Å². The molecule has 1 amide bonds. The summed E-state index contributed by atoms with van der Waals surface area (Å²) in [5.74, 6) is -0.731. The maximum absolute atomic E-state index is 14.1. The zero-order valence-electron chi connectivity index (χ0n) is 20.8. The van der Waals surface area contributed by atoms with Crippen LogP contribution in [-0.2, 0) is 16.0 Å². The largest absolute Gasteiger partial charge is 0.481 e. The standard InChI is InChI=1S/C27H31FN4O4/c1-16-7-12-21-22(31(16)27(35)36-3)13-14-23-24(21)29-26(30(2)20-6-4-5-18(28)15-20)32(23)19-10-8-17(9-11-19)25(33)34/h4-6,13-17,19H,7-12H2,1-3H3,(H,33,34)/t16-,17?,19?/m0/s1. The fourth-order valence-corrected chi connectivity index (χ4v) is 5.74. The van der Waals surface area contributed by atoms with E-state index in [-0.39, 0.29) is 23.8 Å². The molecule has 2 aromatic carbocycles. The molecule has 9 heteroatoms. The Morgan fingerprint density at radius 3 is 2.56 bits per heavy atom. The molecular formula is C27H31FN4O4. The van der Waals surface area contributed by atoms with Crippen molar-refractivity contribution in [3.05, 3.63) is 47.8 Å². The van der Waals surface area contributed by atoms with E-state index >= 15 is 0 Å². The fourth-order valence-electron chi connectivity index (χ4n) is 5.74. The van der Waals surface area contributed by atoms with Crippen molar-refractivity contribution in [3.8, 4) is 0 Å². The van der Waals surface area contributed by atoms with Crippen LogP contribution in [0.3, 0.4) is 0 Å². The number of carbonyl (C=O) groups is 2. The monoisotopic (exact) mass is 494 g/mol. The first-order chi connectivity index (χ1) is 17.3. The lowest BCUT2D eigenvalue weighted by atomic mass is 9.86. The molecule has 0 bridgehead atoms. The number of anilines is 3. The Kier molecular flexibility index (Phi) is 6.32. The van der Waals surface area contributed by atoms with Crippen molar-refractivity contribution in [2.24, 2.45) is 5.92 Å². The smallest absolute Gasteiger partial charge is 0.414 e. The van der Waals surface area contributed by atoms with Crippen LogP contribution in [-0.4, -0.2) is 46.9 Å². The lowest BCUT2D eigenvalue weighted by molar-refractivity contribution is -0.143. The number of nitrogens with zero attached hydrogens (tertiary/aromatic N) is 4. The van der Waals surface area contributed by atoms with E-state index in [1.807, 2.05) is 37.1 Å². The van der Waals surface area contributed by atoms with Crippen molar-refractivity contribution in [2.75, 3.05) is 24.0 Å². The van der Waals surface area contributed by atoms with E-state index in [0.717, 1.165) is 48.0 Å². The topological polar surface area (TPSA) is 87.9 Å². The second-order valence-electron chi connectivity index (χ2n) is 9.82. The molecule has 0 unspecified atom stereocenters. The van der Waals surface area contributed by atoms with Crippen LogP contribution < -0.4 is 9.80 Å². The zero-order chi connectivity index (χ0) is 25.6. The second-order valence-corrected chi connectivity index (χ2v) is 9.82. The van der Waals surface area contributed by atoms with Crippen molar-refractivity contribution in [2.45, 2.75) is 57.5 Å². The normalized spacial score (nSPS) is 21.8. The molecule has 1 aliphatic heterocycles. The van der Waals surface area contributed by atoms with Gasteiger partial charge in [-0.05, 0) is 75.8 Å². The van der Waals surface area contributed by atoms with Gasteiger partial charge in [-0.25, -0.2) is 14.2 Å². The highest BCUT2D eigenvalue weighted by molar-refractivity contribution is 5.96. The summed E-state index contributed by atoms with van der Waals surface area (Å²) in [7, 11) is 3.25. The Morgan fingerprint density at radius 2 is 1.89 bits per heavy atom. The molecule has 2 aliphatic rings. The Balaban J connectivity index is 1.66. The first-order valence-corrected chi connectivity index (χ1v) is 12.4. The minimum Gasteiger partial charge on any atom is -0.481 e. The molecule has 8 nitrogen and oxygen atoms in total. The summed E-state index contributed by atoms with van der Waals surface area (Å²) >= 11 is 0. The van der Waals surface area contributed by atoms with Gasteiger partial charge in [0, 0.05) is 30.4 Å². The van der Waals surface area contributed by atoms with Crippen molar-refractivity contribution in [1.82, 2.24) is 9.55 Å². The van der Waals surface area contributed by atoms with E-state index in [9.17, 15) is 19.1 Å². The Labute approximate surface area is 209 Å². The first kappa shape index (κ1) is 24.1. The number of hydrogen-bond acceptors (Lipinski definition) is 5. The molecule has 3 aromatic rings. The number of benzene rings is 2. The minimum absolute atomic E-state index is 0.00483. The number of fused-ring (bicyclic) bond motifs is 3. The molecule has 1 fully saturated rings. The van der Waals surface area contributed by atoms with Gasteiger partial charge in [0.25, 0.3) is 0 Å². The third kappa shape index (κ3) is 4.06. The predicted octanol–water partition coefficient (Wildman–Crippen LogP) is 5.67. The number of amides is 1. The quantitative estimate of drug-likeness (QED) is 0.503. The van der Waals surface area contributed by atoms with Gasteiger partial charge < -0.3 is 19.3 Å². The summed E-state index contributed by atoms with van der Waals surface area (Å²) in [5, 5.41) is 9.48. The van der Waals surface area contributed by atoms with E-state index in [0.29, 0.717) is 24.5 Å². The van der Waals surface area contributed by atoms with Gasteiger partial charge in [-0.3, -0.25) is 9.69 Å². The van der Waals surface area contributed by atoms with Crippen molar-refractivity contribution < 1.29 is 23.8 Å². The SMILES string of the molecule is COC(=O)N1c2ccc3c(nc(N(C)c4cccc(F)c4)n3C3CCC(C(=O)O)CC3)c2CC[C@@H]1C. The van der Waals surface area contributed by atoms with Crippen LogP contribution >= 0.6 is 0 Å². The number of hydrogen-bond donors (Lipinski definition) is 1. The molecule has 2 heterocycles. The maximum atomic E-state index is 14.1. The second kappa shape index (κ2) is 9.44. The van der Waals surface area contributed by atoms with Gasteiger partial charge >= 0.3 is 12.1 Å². The molecule has 1 atom stereocenters. The van der Waals surface area contributed by atoms with Crippen molar-refractivity contribution >= 4 is 40.4 Å². The third-order valence-electron chi connectivity index (χ3n) is 7.71. The van der Waals surface area contributed by atoms with Crippen LogP contribution in [0.2, 0.25) is 0 Å². The number of imidazole rings is 1. The fraction of sp³-hybridized carbons (Fsp3) is 0.444. The van der Waals surface area contributed by atoms with Gasteiger partial charge in [0.05, 0.1) is 29.7 Å². The summed E-state index contributed by atoms with van der Waals surface area (Å²) < 4.78 is 21.3. The number of halogens is 1. The number of carbonyl (C=O) groups excluding carboxylic acids is 1. The molecule has 5 rings (SSSR count). The highest BCUT2D eigenvalue weighted by atomic mass is 19.1. The van der Waals surface area contributed by atoms with Crippen LogP contribution in [0, 0.1) is 11.7 Å². The highest BCUT2D eigenvalue weighted by Gasteiger charge is 2.34. The summed E-state index contributed by atoms with van der Waals surface area (Å²) in [5.41, 5.74) is 4.21. The molecule has 190 valence electrons. The van der Waals surface area contributed by atoms with Crippen LogP contribution in [0.15, 0.2) is 36.4 Å². The van der Waals surface area contributed by atoms with E-state index < -0.39 is 12.1 Å². The molecule has 36 heavy (non-hydrogen) atoms. The van der Waals surface area contributed by atoms with Crippen LogP contribution in [0.4, 0.5) is 26.5 Å². The summed E-state index contributed by atoms with van der Waals surface area (Å²) in [6, 6.07) is 10.4. The number of rotatable bonds is 4. The maximum Gasteiger partial charge on any atom is 0.414 e. The molecule has 1 aromatic heterocycles. The van der Waals surface area contributed by atoms with Gasteiger partial charge in [-0.15, -0.1) is 0 Å². The Bertz CT molecular complexity index is 1310. The van der Waals surface area contributed by atoms with E-state index in [4.69, 9.17) is 9.72 Å². The Hall–Kier alpha value is -3.62.